The van der Waals surface area contributed by atoms with Crippen LogP contribution in [0.25, 0.3) is 0 Å². The second kappa shape index (κ2) is 7.32. The molecule has 0 aliphatic carbocycles. The largest absolute Gasteiger partial charge is 0.383 e. The molecule has 0 atom stereocenters. The van der Waals surface area contributed by atoms with Crippen molar-refractivity contribution in [3.63, 3.8) is 0 Å². The van der Waals surface area contributed by atoms with Crippen molar-refractivity contribution in [3.05, 3.63) is 29.3 Å². The molecule has 1 rings (SSSR count). The Bertz CT molecular complexity index is 597. The molecule has 0 heterocycles. The van der Waals surface area contributed by atoms with Gasteiger partial charge < -0.3 is 10.6 Å². The van der Waals surface area contributed by atoms with Gasteiger partial charge in [0.15, 0.2) is 0 Å². The van der Waals surface area contributed by atoms with Gasteiger partial charge in [0.05, 0.1) is 6.26 Å². The van der Waals surface area contributed by atoms with Crippen molar-refractivity contribution in [1.29, 1.82) is 0 Å². The monoisotopic (exact) mass is 321 g/mol. The molecule has 9 heteroatoms. The fourth-order valence-electron chi connectivity index (χ4n) is 1.59. The minimum absolute atomic E-state index is 0.139. The molecule has 0 spiro atoms. The summed E-state index contributed by atoms with van der Waals surface area (Å²) < 4.78 is 50.8. The molecule has 1 aromatic carbocycles. The quantitative estimate of drug-likeness (QED) is 0.644. The molecule has 0 radical (unpaired) electrons. The van der Waals surface area contributed by atoms with Gasteiger partial charge in [0.25, 0.3) is 5.91 Å². The van der Waals surface area contributed by atoms with Crippen LogP contribution in [0, 0.1) is 11.6 Å². The number of anilines is 1. The molecule has 0 aliphatic heterocycles. The summed E-state index contributed by atoms with van der Waals surface area (Å²) in [6.07, 6.45) is 1.39. The Kier molecular flexibility index (Phi) is 6.03. The van der Waals surface area contributed by atoms with E-state index >= 15 is 0 Å². The van der Waals surface area contributed by atoms with E-state index in [4.69, 9.17) is 0 Å². The fourth-order valence-corrected chi connectivity index (χ4v) is 2.11. The Balaban J connectivity index is 2.53. The molecule has 0 bridgehead atoms. The summed E-state index contributed by atoms with van der Waals surface area (Å²) in [5.41, 5.74) is -0.441. The predicted octanol–water partition coefficient (Wildman–Crippen LogP) is 0.676. The van der Waals surface area contributed by atoms with Gasteiger partial charge in [-0.05, 0) is 18.6 Å². The van der Waals surface area contributed by atoms with Gasteiger partial charge in [0.2, 0.25) is 10.0 Å². The van der Waals surface area contributed by atoms with Crippen LogP contribution in [-0.2, 0) is 10.0 Å². The smallest absolute Gasteiger partial charge is 0.251 e. The first-order valence-corrected chi connectivity index (χ1v) is 8.03. The minimum atomic E-state index is -3.26. The molecule has 3 N–H and O–H groups in total. The molecule has 0 aromatic heterocycles. The maximum atomic E-state index is 13.5. The van der Waals surface area contributed by atoms with Gasteiger partial charge in [-0.15, -0.1) is 0 Å². The van der Waals surface area contributed by atoms with Crippen LogP contribution in [0.5, 0.6) is 0 Å². The lowest BCUT2D eigenvalue weighted by atomic mass is 10.1. The number of hydrogen-bond donors (Lipinski definition) is 3. The molecular weight excluding hydrogens is 304 g/mol. The molecule has 0 aliphatic rings. The topological polar surface area (TPSA) is 87.3 Å². The van der Waals surface area contributed by atoms with E-state index in [1.165, 1.54) is 7.05 Å². The van der Waals surface area contributed by atoms with Gasteiger partial charge in [0.1, 0.15) is 17.3 Å². The second-order valence-corrected chi connectivity index (χ2v) is 6.17. The van der Waals surface area contributed by atoms with Crippen LogP contribution < -0.4 is 15.4 Å². The summed E-state index contributed by atoms with van der Waals surface area (Å²) in [4.78, 5) is 11.7. The summed E-state index contributed by atoms with van der Waals surface area (Å²) in [5, 5.41) is 4.81. The average Bonchev–Trinajstić information content (AvgIpc) is 2.36. The standard InChI is InChI=1S/C12H17F2N3O3S/c1-15-11-9(13)6-8(7-10(11)14)12(18)16-4-3-5-17-21(2,19)20/h6-7,15,17H,3-5H2,1-2H3,(H,16,18). The Morgan fingerprint density at radius 1 is 1.19 bits per heavy atom. The zero-order valence-electron chi connectivity index (χ0n) is 11.7. The molecule has 21 heavy (non-hydrogen) atoms. The molecule has 6 nitrogen and oxygen atoms in total. The van der Waals surface area contributed by atoms with Crippen molar-refractivity contribution >= 4 is 21.6 Å². The van der Waals surface area contributed by atoms with Crippen LogP contribution in [-0.4, -0.2) is 40.7 Å². The van der Waals surface area contributed by atoms with Crippen LogP contribution in [0.15, 0.2) is 12.1 Å². The number of halogens is 2. The zero-order valence-corrected chi connectivity index (χ0v) is 12.5. The van der Waals surface area contributed by atoms with Crippen LogP contribution in [0.3, 0.4) is 0 Å². The van der Waals surface area contributed by atoms with E-state index < -0.39 is 27.6 Å². The predicted molar refractivity (Wildman–Crippen MR) is 75.7 cm³/mol. The van der Waals surface area contributed by atoms with Crippen molar-refractivity contribution < 1.29 is 22.0 Å². The van der Waals surface area contributed by atoms with Gasteiger partial charge >= 0.3 is 0 Å². The normalized spacial score (nSPS) is 11.2. The summed E-state index contributed by atoms with van der Waals surface area (Å²) in [5.74, 6) is -2.35. The molecule has 0 saturated carbocycles. The number of carbonyl (C=O) groups is 1. The first-order valence-electron chi connectivity index (χ1n) is 6.14. The Morgan fingerprint density at radius 2 is 1.76 bits per heavy atom. The van der Waals surface area contributed by atoms with E-state index in [2.05, 4.69) is 15.4 Å². The summed E-state index contributed by atoms with van der Waals surface area (Å²) in [7, 11) is -1.89. The maximum Gasteiger partial charge on any atom is 0.251 e. The number of benzene rings is 1. The third-order valence-corrected chi connectivity index (χ3v) is 3.29. The number of sulfonamides is 1. The van der Waals surface area contributed by atoms with Gasteiger partial charge in [-0.1, -0.05) is 0 Å². The van der Waals surface area contributed by atoms with Crippen molar-refractivity contribution in [1.82, 2.24) is 10.0 Å². The van der Waals surface area contributed by atoms with E-state index in [9.17, 15) is 22.0 Å². The fraction of sp³-hybridized carbons (Fsp3) is 0.417. The molecule has 1 amide bonds. The number of nitrogens with one attached hydrogen (secondary N) is 3. The molecule has 118 valence electrons. The van der Waals surface area contributed by atoms with Crippen molar-refractivity contribution in [3.8, 4) is 0 Å². The highest BCUT2D eigenvalue weighted by molar-refractivity contribution is 7.88. The third kappa shape index (κ3) is 5.64. The van der Waals surface area contributed by atoms with E-state index in [1.807, 2.05) is 0 Å². The molecular formula is C12H17F2N3O3S. The molecule has 0 fully saturated rings. The lowest BCUT2D eigenvalue weighted by molar-refractivity contribution is 0.0952. The highest BCUT2D eigenvalue weighted by atomic mass is 32.2. The van der Waals surface area contributed by atoms with Crippen LogP contribution >= 0.6 is 0 Å². The van der Waals surface area contributed by atoms with E-state index in [0.29, 0.717) is 6.42 Å². The maximum absolute atomic E-state index is 13.5. The SMILES string of the molecule is CNc1c(F)cc(C(=O)NCCCNS(C)(=O)=O)cc1F. The first kappa shape index (κ1) is 17.3. The Labute approximate surface area is 122 Å². The van der Waals surface area contributed by atoms with Crippen LogP contribution in [0.1, 0.15) is 16.8 Å². The summed E-state index contributed by atoms with van der Waals surface area (Å²) >= 11 is 0. The van der Waals surface area contributed by atoms with Crippen molar-refractivity contribution in [2.24, 2.45) is 0 Å². The highest BCUT2D eigenvalue weighted by Crippen LogP contribution is 2.20. The average molecular weight is 321 g/mol. The summed E-state index contributed by atoms with van der Waals surface area (Å²) in [6.45, 7) is 0.346. The number of hydrogen-bond acceptors (Lipinski definition) is 4. The number of carbonyl (C=O) groups excluding carboxylic acids is 1. The van der Waals surface area contributed by atoms with Gasteiger partial charge in [0, 0.05) is 25.7 Å². The van der Waals surface area contributed by atoms with E-state index in [1.54, 1.807) is 0 Å². The van der Waals surface area contributed by atoms with Crippen molar-refractivity contribution in [2.75, 3.05) is 31.7 Å². The molecule has 0 unspecified atom stereocenters. The van der Waals surface area contributed by atoms with Gasteiger partial charge in [-0.2, -0.15) is 0 Å². The van der Waals surface area contributed by atoms with Crippen LogP contribution in [0.2, 0.25) is 0 Å². The minimum Gasteiger partial charge on any atom is -0.383 e. The molecule has 1 aromatic rings. The summed E-state index contributed by atoms with van der Waals surface area (Å²) in [6, 6.07) is 1.86. The second-order valence-electron chi connectivity index (χ2n) is 4.34. The van der Waals surface area contributed by atoms with Gasteiger partial charge in [-0.3, -0.25) is 4.79 Å². The van der Waals surface area contributed by atoms with E-state index in [0.717, 1.165) is 18.4 Å². The Hall–Kier alpha value is -1.74. The van der Waals surface area contributed by atoms with Crippen molar-refractivity contribution in [2.45, 2.75) is 6.42 Å². The lowest BCUT2D eigenvalue weighted by Gasteiger charge is -2.08. The lowest BCUT2D eigenvalue weighted by Crippen LogP contribution is -2.29. The Morgan fingerprint density at radius 3 is 2.24 bits per heavy atom. The number of amides is 1. The highest BCUT2D eigenvalue weighted by Gasteiger charge is 2.14. The van der Waals surface area contributed by atoms with Crippen LogP contribution in [0.4, 0.5) is 14.5 Å². The number of rotatable bonds is 7. The third-order valence-electron chi connectivity index (χ3n) is 2.56. The zero-order chi connectivity index (χ0) is 16.0. The first-order chi connectivity index (χ1) is 9.74. The molecule has 0 saturated heterocycles. The van der Waals surface area contributed by atoms with Gasteiger partial charge in [-0.25, -0.2) is 21.9 Å². The van der Waals surface area contributed by atoms with E-state index in [-0.39, 0.29) is 24.3 Å².